The number of H-pyrrole nitrogens is 1. The molecular formula is C22H17N3O4. The molecule has 1 aromatic heterocycles. The van der Waals surface area contributed by atoms with Gasteiger partial charge in [-0.05, 0) is 12.0 Å². The molecule has 1 aliphatic carbocycles. The number of aromatic amines is 1. The van der Waals surface area contributed by atoms with E-state index in [2.05, 4.69) is 14.9 Å². The fourth-order valence-electron chi connectivity index (χ4n) is 4.91. The van der Waals surface area contributed by atoms with Crippen LogP contribution in [0.4, 0.5) is 0 Å². The van der Waals surface area contributed by atoms with Gasteiger partial charge in [0.2, 0.25) is 5.78 Å². The maximum atomic E-state index is 13.4. The van der Waals surface area contributed by atoms with Crippen molar-refractivity contribution in [2.75, 3.05) is 6.54 Å². The van der Waals surface area contributed by atoms with Crippen LogP contribution in [0.1, 0.15) is 44.0 Å². The molecule has 144 valence electrons. The number of phenolic OH excluding ortho intramolecular Hbond substituents is 2. The molecule has 3 aliphatic rings. The molecule has 0 saturated carbocycles. The molecule has 2 bridgehead atoms. The molecule has 2 aromatic carbocycles. The van der Waals surface area contributed by atoms with Crippen LogP contribution in [-0.4, -0.2) is 56.5 Å². The van der Waals surface area contributed by atoms with E-state index in [0.29, 0.717) is 23.4 Å². The van der Waals surface area contributed by atoms with E-state index in [4.69, 9.17) is 0 Å². The number of aliphatic imine (C=N–C) groups is 1. The predicted molar refractivity (Wildman–Crippen MR) is 106 cm³/mol. The SMILES string of the molecule is O=C1c2[nH]cc(CN3CC4CC3C=N4)c2C(=O)c2c1c(O)c1ccccc1c2O. The van der Waals surface area contributed by atoms with Crippen LogP contribution >= 0.6 is 0 Å². The number of hydrogen-bond donors (Lipinski definition) is 3. The Morgan fingerprint density at radius 2 is 1.72 bits per heavy atom. The molecule has 2 atom stereocenters. The third-order valence-electron chi connectivity index (χ3n) is 6.30. The first-order valence-electron chi connectivity index (χ1n) is 9.58. The van der Waals surface area contributed by atoms with Crippen molar-refractivity contribution in [1.82, 2.24) is 9.88 Å². The van der Waals surface area contributed by atoms with E-state index in [-0.39, 0.29) is 39.9 Å². The number of ketones is 2. The van der Waals surface area contributed by atoms with Gasteiger partial charge < -0.3 is 15.2 Å². The second kappa shape index (κ2) is 5.55. The summed E-state index contributed by atoms with van der Waals surface area (Å²) in [6.07, 6.45) is 4.62. The van der Waals surface area contributed by atoms with Gasteiger partial charge in [0, 0.05) is 42.3 Å². The molecule has 0 spiro atoms. The van der Waals surface area contributed by atoms with Gasteiger partial charge in [-0.2, -0.15) is 0 Å². The summed E-state index contributed by atoms with van der Waals surface area (Å²) in [5.74, 6) is -1.47. The number of carbonyl (C=O) groups excluding carboxylic acids is 2. The molecule has 2 unspecified atom stereocenters. The summed E-state index contributed by atoms with van der Waals surface area (Å²) in [6.45, 7) is 1.35. The van der Waals surface area contributed by atoms with Gasteiger partial charge in [0.1, 0.15) is 11.5 Å². The predicted octanol–water partition coefficient (Wildman–Crippen LogP) is 2.38. The number of likely N-dealkylation sites (tertiary alicyclic amines) is 1. The first-order chi connectivity index (χ1) is 14.0. The molecule has 0 amide bonds. The van der Waals surface area contributed by atoms with E-state index in [1.165, 1.54) is 0 Å². The fourth-order valence-corrected chi connectivity index (χ4v) is 4.91. The lowest BCUT2D eigenvalue weighted by molar-refractivity contribution is 0.0971. The first-order valence-corrected chi connectivity index (χ1v) is 9.58. The number of hydrogen-bond acceptors (Lipinski definition) is 6. The average Bonchev–Trinajstić information content (AvgIpc) is 3.45. The van der Waals surface area contributed by atoms with Crippen LogP contribution in [0.15, 0.2) is 35.5 Å². The summed E-state index contributed by atoms with van der Waals surface area (Å²) in [5.41, 5.74) is 0.910. The Kier molecular flexibility index (Phi) is 3.16. The molecule has 6 rings (SSSR count). The highest BCUT2D eigenvalue weighted by molar-refractivity contribution is 6.32. The number of nitrogens with one attached hydrogen (secondary N) is 1. The molecule has 1 fully saturated rings. The highest BCUT2D eigenvalue weighted by atomic mass is 16.3. The van der Waals surface area contributed by atoms with Crippen molar-refractivity contribution in [2.24, 2.45) is 4.99 Å². The minimum Gasteiger partial charge on any atom is -0.506 e. The van der Waals surface area contributed by atoms with Crippen molar-refractivity contribution in [3.8, 4) is 11.5 Å². The summed E-state index contributed by atoms with van der Waals surface area (Å²) in [6, 6.07) is 7.21. The highest BCUT2D eigenvalue weighted by Gasteiger charge is 2.40. The Morgan fingerprint density at radius 1 is 1.03 bits per heavy atom. The van der Waals surface area contributed by atoms with E-state index in [9.17, 15) is 19.8 Å². The maximum absolute atomic E-state index is 13.4. The molecule has 7 nitrogen and oxygen atoms in total. The second-order valence-corrected chi connectivity index (χ2v) is 7.90. The van der Waals surface area contributed by atoms with Crippen LogP contribution in [0.2, 0.25) is 0 Å². The van der Waals surface area contributed by atoms with Gasteiger partial charge in [-0.3, -0.25) is 19.5 Å². The Balaban J connectivity index is 1.51. The maximum Gasteiger partial charge on any atom is 0.214 e. The number of aromatic nitrogens is 1. The summed E-state index contributed by atoms with van der Waals surface area (Å²) < 4.78 is 0. The third kappa shape index (κ3) is 2.08. The van der Waals surface area contributed by atoms with Gasteiger partial charge in [-0.15, -0.1) is 0 Å². The lowest BCUT2D eigenvalue weighted by Crippen LogP contribution is -2.33. The van der Waals surface area contributed by atoms with E-state index < -0.39 is 11.6 Å². The molecule has 3 N–H and O–H groups in total. The summed E-state index contributed by atoms with van der Waals surface area (Å²) in [7, 11) is 0. The van der Waals surface area contributed by atoms with Gasteiger partial charge in [0.15, 0.2) is 5.78 Å². The van der Waals surface area contributed by atoms with E-state index >= 15 is 0 Å². The van der Waals surface area contributed by atoms with E-state index in [1.807, 2.05) is 6.21 Å². The molecular weight excluding hydrogens is 370 g/mol. The largest absolute Gasteiger partial charge is 0.506 e. The Bertz CT molecular complexity index is 1270. The Hall–Kier alpha value is -3.45. The summed E-state index contributed by atoms with van der Waals surface area (Å²) in [5, 5.41) is 22.2. The van der Waals surface area contributed by atoms with Crippen molar-refractivity contribution < 1.29 is 19.8 Å². The number of nitrogens with zero attached hydrogens (tertiary/aromatic N) is 2. The molecule has 3 heterocycles. The van der Waals surface area contributed by atoms with Crippen LogP contribution in [0, 0.1) is 0 Å². The van der Waals surface area contributed by atoms with Crippen LogP contribution in [0.25, 0.3) is 10.8 Å². The molecule has 29 heavy (non-hydrogen) atoms. The van der Waals surface area contributed by atoms with Gasteiger partial charge in [-0.25, -0.2) is 0 Å². The minimum atomic E-state index is -0.482. The van der Waals surface area contributed by atoms with Crippen molar-refractivity contribution in [3.63, 3.8) is 0 Å². The molecule has 7 heteroatoms. The average molecular weight is 387 g/mol. The third-order valence-corrected chi connectivity index (χ3v) is 6.30. The number of carbonyl (C=O) groups is 2. The highest BCUT2D eigenvalue weighted by Crippen LogP contribution is 2.44. The smallest absolute Gasteiger partial charge is 0.214 e. The lowest BCUT2D eigenvalue weighted by Gasteiger charge is -2.24. The molecule has 3 aromatic rings. The number of benzene rings is 2. The zero-order valence-electron chi connectivity index (χ0n) is 15.3. The molecule has 1 saturated heterocycles. The van der Waals surface area contributed by atoms with Gasteiger partial charge in [0.25, 0.3) is 0 Å². The number of phenols is 2. The van der Waals surface area contributed by atoms with Crippen LogP contribution in [0.3, 0.4) is 0 Å². The van der Waals surface area contributed by atoms with Crippen LogP contribution in [0.5, 0.6) is 11.5 Å². The lowest BCUT2D eigenvalue weighted by atomic mass is 9.83. The normalized spacial score (nSPS) is 22.5. The van der Waals surface area contributed by atoms with Crippen molar-refractivity contribution in [2.45, 2.75) is 25.0 Å². The van der Waals surface area contributed by atoms with Gasteiger partial charge in [-0.1, -0.05) is 24.3 Å². The van der Waals surface area contributed by atoms with Crippen LogP contribution < -0.4 is 0 Å². The van der Waals surface area contributed by atoms with E-state index in [1.54, 1.807) is 30.5 Å². The number of aromatic hydroxyl groups is 2. The van der Waals surface area contributed by atoms with Crippen molar-refractivity contribution in [1.29, 1.82) is 0 Å². The molecule has 2 aliphatic heterocycles. The van der Waals surface area contributed by atoms with Gasteiger partial charge in [0.05, 0.1) is 28.4 Å². The van der Waals surface area contributed by atoms with E-state index in [0.717, 1.165) is 18.5 Å². The Labute approximate surface area is 165 Å². The first kappa shape index (κ1) is 16.5. The Morgan fingerprint density at radius 3 is 2.34 bits per heavy atom. The zero-order valence-corrected chi connectivity index (χ0v) is 15.3. The van der Waals surface area contributed by atoms with Crippen molar-refractivity contribution in [3.05, 3.63) is 58.4 Å². The van der Waals surface area contributed by atoms with Crippen molar-refractivity contribution >= 4 is 28.6 Å². The monoisotopic (exact) mass is 387 g/mol. The molecule has 0 radical (unpaired) electrons. The topological polar surface area (TPSA) is 106 Å². The standard InChI is InChI=1S/C22H17N3O4/c26-19-13-3-1-2-4-14(13)20(27)17-16(19)21(28)15-10(6-24-18(15)22(17)29)8-25-9-11-5-12(25)7-23-11/h1-4,6-7,11-12,24,26-27H,5,8-9H2. The summed E-state index contributed by atoms with van der Waals surface area (Å²) >= 11 is 0. The quantitative estimate of drug-likeness (QED) is 0.458. The number of rotatable bonds is 2. The minimum absolute atomic E-state index is 0.121. The summed E-state index contributed by atoms with van der Waals surface area (Å²) in [4.78, 5) is 36.2. The van der Waals surface area contributed by atoms with Crippen LogP contribution in [-0.2, 0) is 6.54 Å². The fraction of sp³-hybridized carbons (Fsp3) is 0.227. The number of fused-ring (bicyclic) bond motifs is 5. The zero-order chi connectivity index (χ0) is 19.9. The second-order valence-electron chi connectivity index (χ2n) is 7.90. The van der Waals surface area contributed by atoms with Gasteiger partial charge >= 0.3 is 0 Å².